The van der Waals surface area contributed by atoms with Crippen molar-refractivity contribution in [3.63, 3.8) is 0 Å². The van der Waals surface area contributed by atoms with Gasteiger partial charge in [0.05, 0.1) is 24.7 Å². The number of hydrogen-bond acceptors (Lipinski definition) is 6. The van der Waals surface area contributed by atoms with Crippen LogP contribution in [-0.4, -0.2) is 74.2 Å². The van der Waals surface area contributed by atoms with E-state index in [4.69, 9.17) is 14.2 Å². The van der Waals surface area contributed by atoms with Gasteiger partial charge in [0.1, 0.15) is 0 Å². The molecule has 2 aliphatic heterocycles. The largest absolute Gasteiger partial charge is 0.466 e. The van der Waals surface area contributed by atoms with E-state index in [1.54, 1.807) is 0 Å². The van der Waals surface area contributed by atoms with Gasteiger partial charge in [0.25, 0.3) is 0 Å². The first-order valence-electron chi connectivity index (χ1n) is 10.5. The molecule has 3 fully saturated rings. The molecule has 1 aliphatic carbocycles. The highest BCUT2D eigenvalue weighted by Gasteiger charge is 2.35. The molecule has 3 aliphatic rings. The van der Waals surface area contributed by atoms with Crippen molar-refractivity contribution in [2.75, 3.05) is 39.9 Å². The van der Waals surface area contributed by atoms with E-state index in [-0.39, 0.29) is 24.3 Å². The smallest absolute Gasteiger partial charge is 0.308 e. The van der Waals surface area contributed by atoms with E-state index in [1.165, 1.54) is 12.8 Å². The van der Waals surface area contributed by atoms with Gasteiger partial charge in [-0.2, -0.15) is 0 Å². The van der Waals surface area contributed by atoms with Crippen LogP contribution in [0.15, 0.2) is 0 Å². The average molecular weight is 369 g/mol. The van der Waals surface area contributed by atoms with Crippen LogP contribution >= 0.6 is 0 Å². The first-order chi connectivity index (χ1) is 12.7. The second kappa shape index (κ2) is 10.0. The molecule has 6 heteroatoms. The van der Waals surface area contributed by atoms with E-state index in [2.05, 4.69) is 9.80 Å². The minimum Gasteiger partial charge on any atom is -0.466 e. The minimum atomic E-state index is -0.0244. The summed E-state index contributed by atoms with van der Waals surface area (Å²) >= 11 is 0. The number of nitrogens with zero attached hydrogens (tertiary/aromatic N) is 2. The Hall–Kier alpha value is -0.690. The van der Waals surface area contributed by atoms with Crippen molar-refractivity contribution in [2.45, 2.75) is 76.9 Å². The molecule has 0 aromatic rings. The Kier molecular flexibility index (Phi) is 7.73. The average Bonchev–Trinajstić information content (AvgIpc) is 3.21. The van der Waals surface area contributed by atoms with Gasteiger partial charge < -0.3 is 14.2 Å². The fourth-order valence-electron chi connectivity index (χ4n) is 4.56. The van der Waals surface area contributed by atoms with Crippen molar-refractivity contribution in [1.29, 1.82) is 0 Å². The first-order valence-corrected chi connectivity index (χ1v) is 10.5. The molecule has 0 spiro atoms. The molecule has 0 bridgehead atoms. The highest BCUT2D eigenvalue weighted by Crippen LogP contribution is 2.30. The number of hydrogen-bond donors (Lipinski definition) is 0. The molecule has 1 saturated carbocycles. The molecule has 3 rings (SSSR count). The van der Waals surface area contributed by atoms with Gasteiger partial charge in [0, 0.05) is 33.3 Å². The molecule has 1 atom stereocenters. The number of rotatable bonds is 7. The Labute approximate surface area is 158 Å². The van der Waals surface area contributed by atoms with E-state index in [0.29, 0.717) is 12.7 Å². The van der Waals surface area contributed by atoms with E-state index < -0.39 is 0 Å². The summed E-state index contributed by atoms with van der Waals surface area (Å²) in [5, 5.41) is 0. The minimum absolute atomic E-state index is 0.0244. The van der Waals surface area contributed by atoms with Gasteiger partial charge in [0.15, 0.2) is 6.35 Å². The molecule has 0 amide bonds. The second-order valence-electron chi connectivity index (χ2n) is 7.90. The van der Waals surface area contributed by atoms with Gasteiger partial charge in [-0.3, -0.25) is 14.6 Å². The molecule has 2 saturated heterocycles. The predicted molar refractivity (Wildman–Crippen MR) is 99.7 cm³/mol. The Balaban J connectivity index is 1.52. The number of piperidine rings is 1. The van der Waals surface area contributed by atoms with E-state index in [0.717, 1.165) is 64.7 Å². The summed E-state index contributed by atoms with van der Waals surface area (Å²) in [5.41, 5.74) is 0. The van der Waals surface area contributed by atoms with Gasteiger partial charge in [-0.15, -0.1) is 0 Å². The highest BCUT2D eigenvalue weighted by molar-refractivity contribution is 5.72. The zero-order valence-corrected chi connectivity index (χ0v) is 16.5. The fraction of sp³-hybridized carbons (Fsp3) is 0.950. The summed E-state index contributed by atoms with van der Waals surface area (Å²) < 4.78 is 17.3. The summed E-state index contributed by atoms with van der Waals surface area (Å²) in [6.45, 7) is 6.69. The third-order valence-corrected chi connectivity index (χ3v) is 6.18. The van der Waals surface area contributed by atoms with Crippen LogP contribution in [0, 0.1) is 5.92 Å². The quantitative estimate of drug-likeness (QED) is 0.644. The molecule has 0 aromatic carbocycles. The zero-order valence-electron chi connectivity index (χ0n) is 16.5. The lowest BCUT2D eigenvalue weighted by molar-refractivity contribution is -0.192. The van der Waals surface area contributed by atoms with Crippen molar-refractivity contribution in [3.8, 4) is 0 Å². The van der Waals surface area contributed by atoms with Crippen molar-refractivity contribution >= 4 is 5.97 Å². The second-order valence-corrected chi connectivity index (χ2v) is 7.90. The standard InChI is InChI=1S/C20H36N2O4/c1-3-25-19(23)16-6-8-18(9-7-16)26-20(21-12-4-5-13-21)22-14-10-17(24-2)11-15-22/h16-18,20H,3-15H2,1-2H3. The summed E-state index contributed by atoms with van der Waals surface area (Å²) in [6, 6.07) is 0. The van der Waals surface area contributed by atoms with Gasteiger partial charge in [-0.05, 0) is 58.3 Å². The van der Waals surface area contributed by atoms with Crippen LogP contribution in [0.25, 0.3) is 0 Å². The molecular weight excluding hydrogens is 332 g/mol. The fourth-order valence-corrected chi connectivity index (χ4v) is 4.56. The summed E-state index contributed by atoms with van der Waals surface area (Å²) in [5.74, 6) is 0.0427. The maximum Gasteiger partial charge on any atom is 0.308 e. The Morgan fingerprint density at radius 3 is 2.12 bits per heavy atom. The van der Waals surface area contributed by atoms with E-state index in [1.807, 2.05) is 14.0 Å². The number of carbonyl (C=O) groups is 1. The molecule has 0 radical (unpaired) electrons. The SMILES string of the molecule is CCOC(=O)C1CCC(OC(N2CCCC2)N2CCC(OC)CC2)CC1. The molecule has 6 nitrogen and oxygen atoms in total. The topological polar surface area (TPSA) is 51.2 Å². The van der Waals surface area contributed by atoms with Crippen LogP contribution in [0.5, 0.6) is 0 Å². The maximum atomic E-state index is 12.0. The number of methoxy groups -OCH3 is 1. The molecule has 150 valence electrons. The van der Waals surface area contributed by atoms with Gasteiger partial charge >= 0.3 is 5.97 Å². The first kappa shape index (κ1) is 20.1. The number of likely N-dealkylation sites (tertiary alicyclic amines) is 2. The summed E-state index contributed by atoms with van der Waals surface area (Å²) in [4.78, 5) is 17.0. The third kappa shape index (κ3) is 5.18. The van der Waals surface area contributed by atoms with Crippen LogP contribution in [0.2, 0.25) is 0 Å². The number of esters is 1. The van der Waals surface area contributed by atoms with E-state index in [9.17, 15) is 4.79 Å². The summed E-state index contributed by atoms with van der Waals surface area (Å²) in [6.07, 6.45) is 9.15. The molecule has 0 aromatic heterocycles. The van der Waals surface area contributed by atoms with Crippen LogP contribution in [0.3, 0.4) is 0 Å². The van der Waals surface area contributed by atoms with Gasteiger partial charge in [0.2, 0.25) is 0 Å². The lowest BCUT2D eigenvalue weighted by Gasteiger charge is -2.43. The van der Waals surface area contributed by atoms with Crippen LogP contribution in [0.4, 0.5) is 0 Å². The normalized spacial score (nSPS) is 30.4. The zero-order chi connectivity index (χ0) is 18.4. The lowest BCUT2D eigenvalue weighted by Crippen LogP contribution is -2.54. The molecule has 2 heterocycles. The van der Waals surface area contributed by atoms with Crippen LogP contribution in [-0.2, 0) is 19.0 Å². The van der Waals surface area contributed by atoms with Crippen molar-refractivity contribution < 1.29 is 19.0 Å². The number of carbonyl (C=O) groups excluding carboxylic acids is 1. The van der Waals surface area contributed by atoms with Crippen molar-refractivity contribution in [3.05, 3.63) is 0 Å². The van der Waals surface area contributed by atoms with Crippen molar-refractivity contribution in [2.24, 2.45) is 5.92 Å². The molecular formula is C20H36N2O4. The van der Waals surface area contributed by atoms with Gasteiger partial charge in [-0.1, -0.05) is 0 Å². The number of ether oxygens (including phenoxy) is 3. The Morgan fingerprint density at radius 1 is 0.923 bits per heavy atom. The molecule has 1 unspecified atom stereocenters. The highest BCUT2D eigenvalue weighted by atomic mass is 16.5. The lowest BCUT2D eigenvalue weighted by atomic mass is 9.87. The van der Waals surface area contributed by atoms with Crippen LogP contribution in [0.1, 0.15) is 58.3 Å². The monoisotopic (exact) mass is 368 g/mol. The summed E-state index contributed by atoms with van der Waals surface area (Å²) in [7, 11) is 1.82. The Morgan fingerprint density at radius 2 is 1.54 bits per heavy atom. The van der Waals surface area contributed by atoms with Crippen molar-refractivity contribution in [1.82, 2.24) is 9.80 Å². The van der Waals surface area contributed by atoms with E-state index >= 15 is 0 Å². The predicted octanol–water partition coefficient (Wildman–Crippen LogP) is 2.62. The molecule has 0 N–H and O–H groups in total. The maximum absolute atomic E-state index is 12.0. The van der Waals surface area contributed by atoms with Gasteiger partial charge in [-0.25, -0.2) is 0 Å². The third-order valence-electron chi connectivity index (χ3n) is 6.18. The molecule has 26 heavy (non-hydrogen) atoms. The van der Waals surface area contributed by atoms with Crippen LogP contribution < -0.4 is 0 Å². The Bertz CT molecular complexity index is 426.